The van der Waals surface area contributed by atoms with Crippen LogP contribution in [0.15, 0.2) is 0 Å². The highest BCUT2D eigenvalue weighted by Gasteiger charge is 2.28. The van der Waals surface area contributed by atoms with Gasteiger partial charge in [0.25, 0.3) is 0 Å². The lowest BCUT2D eigenvalue weighted by atomic mass is 10.2. The molecule has 0 fully saturated rings. The highest BCUT2D eigenvalue weighted by molar-refractivity contribution is 5.81. The molecule has 0 saturated carbocycles. The highest BCUT2D eigenvalue weighted by Crippen LogP contribution is 2.12. The molecule has 1 unspecified atom stereocenters. The van der Waals surface area contributed by atoms with Gasteiger partial charge < -0.3 is 16.4 Å². The fourth-order valence-electron chi connectivity index (χ4n) is 1.18. The van der Waals surface area contributed by atoms with Crippen LogP contribution in [0.4, 0.5) is 13.2 Å². The molecule has 1 atom stereocenters. The Bertz CT molecular complexity index is 282. The van der Waals surface area contributed by atoms with Crippen LogP contribution >= 0.6 is 0 Å². The number of hydrogen-bond donors (Lipinski definition) is 3. The van der Waals surface area contributed by atoms with Crippen LogP contribution in [0.3, 0.4) is 0 Å². The lowest BCUT2D eigenvalue weighted by molar-refractivity contribution is -0.139. The zero-order valence-corrected chi connectivity index (χ0v) is 10.1. The van der Waals surface area contributed by atoms with E-state index < -0.39 is 30.6 Å². The summed E-state index contributed by atoms with van der Waals surface area (Å²) in [4.78, 5) is 21.6. The molecule has 2 amide bonds. The molecular weight excluding hydrogens is 251 g/mol. The van der Waals surface area contributed by atoms with Crippen LogP contribution < -0.4 is 16.4 Å². The zero-order chi connectivity index (χ0) is 14.2. The van der Waals surface area contributed by atoms with Gasteiger partial charge in [-0.2, -0.15) is 13.2 Å². The van der Waals surface area contributed by atoms with E-state index in [0.717, 1.165) is 0 Å². The number of primary amides is 1. The van der Waals surface area contributed by atoms with E-state index >= 15 is 0 Å². The summed E-state index contributed by atoms with van der Waals surface area (Å²) in [5, 5.41) is 4.54. The van der Waals surface area contributed by atoms with Crippen molar-refractivity contribution in [3.8, 4) is 0 Å². The van der Waals surface area contributed by atoms with Crippen molar-refractivity contribution in [3.63, 3.8) is 0 Å². The Morgan fingerprint density at radius 1 is 1.28 bits per heavy atom. The fraction of sp³-hybridized carbons (Fsp3) is 0.800. The first kappa shape index (κ1) is 16.7. The van der Waals surface area contributed by atoms with Crippen molar-refractivity contribution < 1.29 is 22.8 Å². The number of hydrogen-bond acceptors (Lipinski definition) is 3. The van der Waals surface area contributed by atoms with E-state index in [1.807, 2.05) is 0 Å². The smallest absolute Gasteiger partial charge is 0.370 e. The molecule has 0 saturated heterocycles. The molecule has 0 radical (unpaired) electrons. The summed E-state index contributed by atoms with van der Waals surface area (Å²) in [5.74, 6) is -1.10. The molecule has 0 aromatic heterocycles. The minimum absolute atomic E-state index is 0.260. The Hall–Kier alpha value is -1.31. The van der Waals surface area contributed by atoms with Gasteiger partial charge in [-0.15, -0.1) is 0 Å². The van der Waals surface area contributed by atoms with Gasteiger partial charge >= 0.3 is 6.18 Å². The first-order valence-corrected chi connectivity index (χ1v) is 5.58. The van der Waals surface area contributed by atoms with E-state index in [2.05, 4.69) is 5.32 Å². The molecule has 106 valence electrons. The molecule has 0 bridgehead atoms. The summed E-state index contributed by atoms with van der Waals surface area (Å²) in [5.41, 5.74) is 4.93. The second kappa shape index (κ2) is 7.91. The maximum absolute atomic E-state index is 11.8. The number of carbonyl (C=O) groups excluding carboxylic acids is 2. The lowest BCUT2D eigenvalue weighted by Gasteiger charge is -2.14. The Morgan fingerprint density at radius 2 is 1.89 bits per heavy atom. The van der Waals surface area contributed by atoms with E-state index in [-0.39, 0.29) is 6.42 Å². The lowest BCUT2D eigenvalue weighted by Crippen LogP contribution is -2.45. The van der Waals surface area contributed by atoms with Crippen LogP contribution in [-0.2, 0) is 9.59 Å². The average Bonchev–Trinajstić information content (AvgIpc) is 2.23. The Kier molecular flexibility index (Phi) is 7.33. The van der Waals surface area contributed by atoms with Crippen LogP contribution in [-0.4, -0.2) is 37.1 Å². The van der Waals surface area contributed by atoms with Crippen LogP contribution in [0, 0.1) is 0 Å². The number of nitrogens with one attached hydrogen (secondary N) is 2. The minimum atomic E-state index is -4.41. The molecular formula is C10H18F3N3O2. The predicted octanol–water partition coefficient (Wildman–Crippen LogP) is 0.299. The number of carbonyl (C=O) groups is 2. The quantitative estimate of drug-likeness (QED) is 0.554. The molecule has 4 N–H and O–H groups in total. The van der Waals surface area contributed by atoms with Crippen molar-refractivity contribution in [2.24, 2.45) is 5.73 Å². The fourth-order valence-corrected chi connectivity index (χ4v) is 1.18. The van der Waals surface area contributed by atoms with Crippen molar-refractivity contribution in [2.75, 3.05) is 13.1 Å². The van der Waals surface area contributed by atoms with Gasteiger partial charge in [-0.1, -0.05) is 0 Å². The van der Waals surface area contributed by atoms with Crippen LogP contribution in [0.5, 0.6) is 0 Å². The molecule has 0 heterocycles. The maximum atomic E-state index is 11.8. The Labute approximate surface area is 103 Å². The van der Waals surface area contributed by atoms with Crippen molar-refractivity contribution in [3.05, 3.63) is 0 Å². The van der Waals surface area contributed by atoms with Crippen molar-refractivity contribution in [2.45, 2.75) is 38.4 Å². The Balaban J connectivity index is 3.65. The summed E-state index contributed by atoms with van der Waals surface area (Å²) < 4.78 is 35.5. The van der Waals surface area contributed by atoms with Gasteiger partial charge in [-0.05, 0) is 26.3 Å². The number of alkyl halides is 3. The Morgan fingerprint density at radius 3 is 2.39 bits per heavy atom. The number of unbranched alkanes of at least 4 members (excludes halogenated alkanes) is 1. The third kappa shape index (κ3) is 9.88. The average molecular weight is 269 g/mol. The minimum Gasteiger partial charge on any atom is -0.370 e. The van der Waals surface area contributed by atoms with Gasteiger partial charge in [0.2, 0.25) is 11.8 Å². The van der Waals surface area contributed by atoms with Gasteiger partial charge in [-0.3, -0.25) is 9.59 Å². The number of halogens is 3. The van der Waals surface area contributed by atoms with E-state index in [0.29, 0.717) is 19.4 Å². The second-order valence-electron chi connectivity index (χ2n) is 3.93. The van der Waals surface area contributed by atoms with E-state index in [1.54, 1.807) is 5.32 Å². The van der Waals surface area contributed by atoms with Gasteiger partial charge in [0.15, 0.2) is 0 Å². The highest BCUT2D eigenvalue weighted by atomic mass is 19.4. The molecule has 0 aliphatic heterocycles. The van der Waals surface area contributed by atoms with Crippen molar-refractivity contribution >= 4 is 11.8 Å². The summed E-state index contributed by atoms with van der Waals surface area (Å²) in [7, 11) is 0. The third-order valence-electron chi connectivity index (χ3n) is 2.16. The number of amides is 2. The van der Waals surface area contributed by atoms with E-state index in [1.165, 1.54) is 6.92 Å². The van der Waals surface area contributed by atoms with Crippen LogP contribution in [0.2, 0.25) is 0 Å². The van der Waals surface area contributed by atoms with Crippen molar-refractivity contribution in [1.29, 1.82) is 0 Å². The molecule has 0 aromatic carbocycles. The van der Waals surface area contributed by atoms with Crippen molar-refractivity contribution in [1.82, 2.24) is 10.6 Å². The molecule has 0 spiro atoms. The van der Waals surface area contributed by atoms with Crippen LogP contribution in [0.25, 0.3) is 0 Å². The zero-order valence-electron chi connectivity index (χ0n) is 10.1. The molecule has 5 nitrogen and oxygen atoms in total. The number of nitrogens with two attached hydrogens (primary N) is 1. The molecule has 0 rings (SSSR count). The first-order chi connectivity index (χ1) is 8.22. The monoisotopic (exact) mass is 269 g/mol. The summed E-state index contributed by atoms with van der Waals surface area (Å²) in [6.45, 7) is 0.577. The first-order valence-electron chi connectivity index (χ1n) is 5.58. The largest absolute Gasteiger partial charge is 0.405 e. The predicted molar refractivity (Wildman–Crippen MR) is 59.6 cm³/mol. The topological polar surface area (TPSA) is 84.2 Å². The van der Waals surface area contributed by atoms with Gasteiger partial charge in [-0.25, -0.2) is 0 Å². The summed E-state index contributed by atoms with van der Waals surface area (Å²) >= 11 is 0. The van der Waals surface area contributed by atoms with Crippen LogP contribution in [0.1, 0.15) is 26.2 Å². The number of rotatable bonds is 8. The van der Waals surface area contributed by atoms with E-state index in [9.17, 15) is 22.8 Å². The normalized spacial score (nSPS) is 13.1. The van der Waals surface area contributed by atoms with Gasteiger partial charge in [0, 0.05) is 6.42 Å². The van der Waals surface area contributed by atoms with Gasteiger partial charge in [0.1, 0.15) is 6.54 Å². The summed E-state index contributed by atoms with van der Waals surface area (Å²) in [6.07, 6.45) is -2.94. The SMILES string of the molecule is CC(NCCCCC(N)=O)C(=O)NCC(F)(F)F. The molecule has 0 aliphatic rings. The third-order valence-corrected chi connectivity index (χ3v) is 2.16. The molecule has 18 heavy (non-hydrogen) atoms. The second-order valence-corrected chi connectivity index (χ2v) is 3.93. The van der Waals surface area contributed by atoms with Gasteiger partial charge in [0.05, 0.1) is 6.04 Å². The molecule has 0 aliphatic carbocycles. The molecule has 8 heteroatoms. The van der Waals surface area contributed by atoms with E-state index in [4.69, 9.17) is 5.73 Å². The maximum Gasteiger partial charge on any atom is 0.405 e. The standard InChI is InChI=1S/C10H18F3N3O2/c1-7(9(18)16-6-10(11,12)13)15-5-3-2-4-8(14)17/h7,15H,2-6H2,1H3,(H2,14,17)(H,16,18). The summed E-state index contributed by atoms with van der Waals surface area (Å²) in [6, 6.07) is -0.707. The molecule has 0 aromatic rings.